The zero-order chi connectivity index (χ0) is 18.5. The first kappa shape index (κ1) is 22.0. The van der Waals surface area contributed by atoms with Gasteiger partial charge in [-0.05, 0) is 60.7 Å². The molecule has 1 saturated heterocycles. The number of hydrogen-bond acceptors (Lipinski definition) is 4. The minimum atomic E-state index is -0.793. The molecule has 1 unspecified atom stereocenters. The number of halogens is 3. The summed E-state index contributed by atoms with van der Waals surface area (Å²) in [6.07, 6.45) is 2.05. The Balaban J connectivity index is 0.00000261. The van der Waals surface area contributed by atoms with Gasteiger partial charge in [-0.2, -0.15) is 0 Å². The molecule has 0 saturated carbocycles. The predicted molar refractivity (Wildman–Crippen MR) is 110 cm³/mol. The summed E-state index contributed by atoms with van der Waals surface area (Å²) in [4.78, 5) is 12.6. The molecule has 0 aromatic heterocycles. The van der Waals surface area contributed by atoms with Crippen molar-refractivity contribution in [2.24, 2.45) is 11.7 Å². The van der Waals surface area contributed by atoms with E-state index in [1.165, 1.54) is 0 Å². The van der Waals surface area contributed by atoms with Gasteiger partial charge in [-0.25, -0.2) is 0 Å². The molecule has 2 aromatic carbocycles. The van der Waals surface area contributed by atoms with Gasteiger partial charge in [0.15, 0.2) is 5.78 Å². The Morgan fingerprint density at radius 2 is 1.78 bits per heavy atom. The van der Waals surface area contributed by atoms with E-state index in [2.05, 4.69) is 0 Å². The lowest BCUT2D eigenvalue weighted by molar-refractivity contribution is 0.0497. The summed E-state index contributed by atoms with van der Waals surface area (Å²) < 4.78 is 11.2. The van der Waals surface area contributed by atoms with Crippen LogP contribution in [-0.4, -0.2) is 25.6 Å². The molecule has 1 heterocycles. The molecule has 1 aliphatic heterocycles. The number of ketones is 1. The van der Waals surface area contributed by atoms with Crippen LogP contribution in [0.25, 0.3) is 0 Å². The zero-order valence-corrected chi connectivity index (χ0v) is 17.0. The predicted octanol–water partition coefficient (Wildman–Crippen LogP) is 5.10. The van der Waals surface area contributed by atoms with Gasteiger partial charge in [0.1, 0.15) is 5.75 Å². The minimum absolute atomic E-state index is 0. The fourth-order valence-electron chi connectivity index (χ4n) is 2.88. The Hall–Kier alpha value is -1.30. The van der Waals surface area contributed by atoms with Crippen molar-refractivity contribution in [3.63, 3.8) is 0 Å². The molecule has 0 bridgehead atoms. The van der Waals surface area contributed by atoms with E-state index < -0.39 is 6.04 Å². The average Bonchev–Trinajstić information content (AvgIpc) is 2.68. The molecule has 1 fully saturated rings. The number of carbonyl (C=O) groups is 1. The summed E-state index contributed by atoms with van der Waals surface area (Å²) in [5, 5.41) is 0.811. The first-order valence-electron chi connectivity index (χ1n) is 8.60. The summed E-state index contributed by atoms with van der Waals surface area (Å²) in [7, 11) is 0. The second-order valence-corrected chi connectivity index (χ2v) is 7.22. The van der Waals surface area contributed by atoms with Crippen LogP contribution in [0, 0.1) is 5.92 Å². The highest BCUT2D eigenvalue weighted by Gasteiger charge is 2.19. The number of carbonyl (C=O) groups excluding carboxylic acids is 1. The number of ether oxygens (including phenoxy) is 2. The quantitative estimate of drug-likeness (QED) is 0.647. The van der Waals surface area contributed by atoms with Crippen LogP contribution >= 0.6 is 35.6 Å². The Kier molecular flexibility index (Phi) is 8.39. The van der Waals surface area contributed by atoms with Crippen LogP contribution in [0.4, 0.5) is 0 Å². The van der Waals surface area contributed by atoms with Crippen molar-refractivity contribution in [3.8, 4) is 5.75 Å². The first-order valence-corrected chi connectivity index (χ1v) is 9.35. The van der Waals surface area contributed by atoms with Gasteiger partial charge in [-0.1, -0.05) is 29.3 Å². The topological polar surface area (TPSA) is 61.6 Å². The fraction of sp³-hybridized carbons (Fsp3) is 0.350. The second kappa shape index (κ2) is 10.3. The molecule has 146 valence electrons. The van der Waals surface area contributed by atoms with Crippen molar-refractivity contribution in [2.75, 3.05) is 19.8 Å². The lowest BCUT2D eigenvalue weighted by Crippen LogP contribution is -2.22. The van der Waals surface area contributed by atoms with Gasteiger partial charge >= 0.3 is 0 Å². The van der Waals surface area contributed by atoms with Crippen molar-refractivity contribution >= 4 is 41.4 Å². The molecule has 2 N–H and O–H groups in total. The summed E-state index contributed by atoms with van der Waals surface area (Å²) in [5.41, 5.74) is 7.25. The molecule has 0 aliphatic carbocycles. The minimum Gasteiger partial charge on any atom is -0.493 e. The summed E-state index contributed by atoms with van der Waals surface area (Å²) in [6.45, 7) is 2.27. The van der Waals surface area contributed by atoms with Gasteiger partial charge in [0.05, 0.1) is 22.7 Å². The Morgan fingerprint density at radius 1 is 1.11 bits per heavy atom. The van der Waals surface area contributed by atoms with E-state index in [4.69, 9.17) is 38.4 Å². The van der Waals surface area contributed by atoms with Crippen molar-refractivity contribution in [1.29, 1.82) is 0 Å². The van der Waals surface area contributed by atoms with E-state index >= 15 is 0 Å². The molecule has 0 spiro atoms. The second-order valence-electron chi connectivity index (χ2n) is 6.41. The molecule has 27 heavy (non-hydrogen) atoms. The molecule has 1 atom stereocenters. The third kappa shape index (κ3) is 5.84. The zero-order valence-electron chi connectivity index (χ0n) is 14.7. The Morgan fingerprint density at radius 3 is 2.41 bits per heavy atom. The standard InChI is InChI=1S/C20H21Cl2NO3.ClH/c21-17-6-3-15(11-18(17)22)19(23)20(24)14-1-4-16(5-2-14)26-12-13-7-9-25-10-8-13;/h1-6,11,13,19H,7-10,12,23H2;1H. The molecule has 0 radical (unpaired) electrons. The lowest BCUT2D eigenvalue weighted by Gasteiger charge is -2.22. The maximum atomic E-state index is 12.6. The normalized spacial score (nSPS) is 15.7. The molecule has 7 heteroatoms. The molecule has 0 amide bonds. The van der Waals surface area contributed by atoms with E-state index in [-0.39, 0.29) is 18.2 Å². The Bertz CT molecular complexity index is 762. The van der Waals surface area contributed by atoms with E-state index in [1.807, 2.05) is 0 Å². The van der Waals surface area contributed by atoms with Crippen LogP contribution in [0.2, 0.25) is 10.0 Å². The molecule has 4 nitrogen and oxygen atoms in total. The number of benzene rings is 2. The molecular formula is C20H22Cl3NO3. The number of Topliss-reactive ketones (excluding diaryl/α,β-unsaturated/α-hetero) is 1. The fourth-order valence-corrected chi connectivity index (χ4v) is 3.19. The van der Waals surface area contributed by atoms with Crippen molar-refractivity contribution in [3.05, 3.63) is 63.6 Å². The van der Waals surface area contributed by atoms with Crippen molar-refractivity contribution < 1.29 is 14.3 Å². The van der Waals surface area contributed by atoms with Gasteiger partial charge in [0.25, 0.3) is 0 Å². The first-order chi connectivity index (χ1) is 12.5. The summed E-state index contributed by atoms with van der Waals surface area (Å²) in [5.74, 6) is 1.09. The molecule has 1 aliphatic rings. The van der Waals surface area contributed by atoms with Gasteiger partial charge in [-0.3, -0.25) is 4.79 Å². The molecule has 2 aromatic rings. The maximum absolute atomic E-state index is 12.6. The number of rotatable bonds is 6. The number of nitrogens with two attached hydrogens (primary N) is 1. The van der Waals surface area contributed by atoms with Gasteiger partial charge in [-0.15, -0.1) is 12.4 Å². The van der Waals surface area contributed by atoms with Gasteiger partial charge < -0.3 is 15.2 Å². The van der Waals surface area contributed by atoms with Crippen LogP contribution in [0.1, 0.15) is 34.8 Å². The Labute approximate surface area is 175 Å². The highest BCUT2D eigenvalue weighted by Crippen LogP contribution is 2.27. The largest absolute Gasteiger partial charge is 0.493 e. The van der Waals surface area contributed by atoms with Crippen LogP contribution in [0.3, 0.4) is 0 Å². The summed E-state index contributed by atoms with van der Waals surface area (Å²) in [6, 6.07) is 11.2. The van der Waals surface area contributed by atoms with Gasteiger partial charge in [0.2, 0.25) is 0 Å². The van der Waals surface area contributed by atoms with E-state index in [9.17, 15) is 4.79 Å². The summed E-state index contributed by atoms with van der Waals surface area (Å²) >= 11 is 11.9. The van der Waals surface area contributed by atoms with E-state index in [1.54, 1.807) is 42.5 Å². The SMILES string of the molecule is Cl.NC(C(=O)c1ccc(OCC2CCOCC2)cc1)c1ccc(Cl)c(Cl)c1. The lowest BCUT2D eigenvalue weighted by atomic mass is 9.98. The van der Waals surface area contributed by atoms with Crippen LogP contribution in [0.5, 0.6) is 5.75 Å². The molecule has 3 rings (SSSR count). The molecular weight excluding hydrogens is 409 g/mol. The van der Waals surface area contributed by atoms with Gasteiger partial charge in [0, 0.05) is 18.8 Å². The van der Waals surface area contributed by atoms with Crippen molar-refractivity contribution in [2.45, 2.75) is 18.9 Å². The number of hydrogen-bond donors (Lipinski definition) is 1. The third-order valence-corrected chi connectivity index (χ3v) is 5.29. The van der Waals surface area contributed by atoms with Crippen LogP contribution in [0.15, 0.2) is 42.5 Å². The van der Waals surface area contributed by atoms with E-state index in [0.717, 1.165) is 31.8 Å². The van der Waals surface area contributed by atoms with Crippen molar-refractivity contribution in [1.82, 2.24) is 0 Å². The van der Waals surface area contributed by atoms with E-state index in [0.29, 0.717) is 33.7 Å². The average molecular weight is 431 g/mol. The smallest absolute Gasteiger partial charge is 0.184 e. The highest BCUT2D eigenvalue weighted by molar-refractivity contribution is 6.42. The van der Waals surface area contributed by atoms with Crippen LogP contribution < -0.4 is 10.5 Å². The highest BCUT2D eigenvalue weighted by atomic mass is 35.5. The maximum Gasteiger partial charge on any atom is 0.184 e. The van der Waals surface area contributed by atoms with Crippen LogP contribution in [-0.2, 0) is 4.74 Å². The third-order valence-electron chi connectivity index (χ3n) is 4.55. The monoisotopic (exact) mass is 429 g/mol.